The Morgan fingerprint density at radius 3 is 2.61 bits per heavy atom. The molecule has 23 heavy (non-hydrogen) atoms. The number of benzene rings is 1. The first-order chi connectivity index (χ1) is 10.8. The summed E-state index contributed by atoms with van der Waals surface area (Å²) in [5, 5.41) is 11.9. The van der Waals surface area contributed by atoms with Crippen LogP contribution in [0.15, 0.2) is 40.8 Å². The number of rotatable bonds is 7. The van der Waals surface area contributed by atoms with Crippen LogP contribution in [0.3, 0.4) is 0 Å². The van der Waals surface area contributed by atoms with Crippen LogP contribution < -0.4 is 4.90 Å². The summed E-state index contributed by atoms with van der Waals surface area (Å²) in [5.74, 6) is 0.268. The highest BCUT2D eigenvalue weighted by molar-refractivity contribution is 7.80. The van der Waals surface area contributed by atoms with Crippen LogP contribution in [0.4, 0.5) is 17.3 Å². The fourth-order valence-corrected chi connectivity index (χ4v) is 1.93. The predicted octanol–water partition coefficient (Wildman–Crippen LogP) is 1.26. The molecule has 11 heteroatoms. The first kappa shape index (κ1) is 17.0. The Morgan fingerprint density at radius 1 is 1.35 bits per heavy atom. The average Bonchev–Trinajstić information content (AvgIpc) is 2.90. The number of hydrogen-bond donors (Lipinski definition) is 0. The minimum Gasteiger partial charge on any atom is -0.726 e. The first-order valence-corrected chi connectivity index (χ1v) is 7.86. The van der Waals surface area contributed by atoms with Gasteiger partial charge in [0, 0.05) is 26.3 Å². The zero-order chi connectivity index (χ0) is 16.9. The van der Waals surface area contributed by atoms with Crippen molar-refractivity contribution in [1.82, 2.24) is 14.8 Å². The molecule has 0 spiro atoms. The van der Waals surface area contributed by atoms with E-state index in [0.29, 0.717) is 5.69 Å². The van der Waals surface area contributed by atoms with E-state index in [2.05, 4.69) is 24.5 Å². The van der Waals surface area contributed by atoms with E-state index < -0.39 is 10.4 Å². The fraction of sp³-hybridized carbons (Fsp3) is 0.333. The third kappa shape index (κ3) is 5.73. The molecule has 0 amide bonds. The highest BCUT2D eigenvalue weighted by Gasteiger charge is 2.03. The summed E-state index contributed by atoms with van der Waals surface area (Å²) in [4.78, 5) is 5.67. The van der Waals surface area contributed by atoms with Gasteiger partial charge in [-0.2, -0.15) is 4.98 Å². The van der Waals surface area contributed by atoms with Crippen molar-refractivity contribution in [2.45, 2.75) is 0 Å². The molecule has 1 aromatic heterocycles. The predicted molar refractivity (Wildman–Crippen MR) is 81.7 cm³/mol. The van der Waals surface area contributed by atoms with Crippen molar-refractivity contribution in [3.05, 3.63) is 30.6 Å². The van der Waals surface area contributed by atoms with Crippen LogP contribution in [0, 0.1) is 0 Å². The molecule has 0 atom stereocenters. The maximum Gasteiger partial charge on any atom is 1.00 e. The molecule has 2 aromatic rings. The molecule has 0 fully saturated rings. The number of nitrogens with zero attached hydrogens (tertiary/aromatic N) is 6. The van der Waals surface area contributed by atoms with Gasteiger partial charge in [-0.25, -0.2) is 8.42 Å². The Hall–Kier alpha value is -2.37. The first-order valence-electron chi connectivity index (χ1n) is 6.52. The van der Waals surface area contributed by atoms with Crippen molar-refractivity contribution in [2.24, 2.45) is 17.3 Å². The quantitative estimate of drug-likeness (QED) is 0.422. The summed E-state index contributed by atoms with van der Waals surface area (Å²) in [7, 11) is -1.18. The Labute approximate surface area is 134 Å². The number of aryl methyl sites for hydroxylation is 1. The molecule has 124 valence electrons. The largest absolute Gasteiger partial charge is 1.00 e. The van der Waals surface area contributed by atoms with Crippen LogP contribution in [0.5, 0.6) is 0 Å². The third-order valence-electron chi connectivity index (χ3n) is 2.79. The lowest BCUT2D eigenvalue weighted by Gasteiger charge is -2.19. The second-order valence-corrected chi connectivity index (χ2v) is 5.64. The van der Waals surface area contributed by atoms with Crippen molar-refractivity contribution in [3.8, 4) is 0 Å². The summed E-state index contributed by atoms with van der Waals surface area (Å²) in [6, 6.07) is 7.05. The molecule has 0 bridgehead atoms. The van der Waals surface area contributed by atoms with Crippen LogP contribution in [-0.2, 0) is 21.6 Å². The van der Waals surface area contributed by atoms with E-state index >= 15 is 0 Å². The maximum atomic E-state index is 10.4. The summed E-state index contributed by atoms with van der Waals surface area (Å²) in [6.07, 6.45) is 1.52. The Bertz CT molecular complexity index is 777. The molecule has 1 heterocycles. The number of anilines is 1. The Kier molecular flexibility index (Phi) is 5.36. The molecule has 0 unspecified atom stereocenters. The van der Waals surface area contributed by atoms with Gasteiger partial charge in [-0.05, 0) is 24.3 Å². The summed E-state index contributed by atoms with van der Waals surface area (Å²) in [6.45, 7) is 0.0370. The van der Waals surface area contributed by atoms with Gasteiger partial charge in [0.25, 0.3) is 5.95 Å². The minimum atomic E-state index is -4.66. The average molecular weight is 340 g/mol. The molecule has 0 radical (unpaired) electrons. The monoisotopic (exact) mass is 340 g/mol. The van der Waals surface area contributed by atoms with Crippen LogP contribution in [0.2, 0.25) is 0 Å². The molecule has 0 aliphatic rings. The van der Waals surface area contributed by atoms with Crippen LogP contribution >= 0.6 is 0 Å². The van der Waals surface area contributed by atoms with Crippen molar-refractivity contribution in [3.63, 3.8) is 0 Å². The van der Waals surface area contributed by atoms with E-state index in [-0.39, 0.29) is 20.5 Å². The third-order valence-corrected chi connectivity index (χ3v) is 3.24. The van der Waals surface area contributed by atoms with E-state index in [0.717, 1.165) is 5.69 Å². The van der Waals surface area contributed by atoms with E-state index in [1.165, 1.54) is 11.0 Å². The molecular weight excluding hydrogens is 324 g/mol. The second-order valence-electron chi connectivity index (χ2n) is 4.59. The lowest BCUT2D eigenvalue weighted by atomic mass is 10.2. The molecule has 0 aliphatic heterocycles. The van der Waals surface area contributed by atoms with Crippen LogP contribution in [0.1, 0.15) is 1.43 Å². The molecule has 10 nitrogen and oxygen atoms in total. The van der Waals surface area contributed by atoms with Gasteiger partial charge in [0.05, 0.1) is 12.3 Å². The molecule has 0 aliphatic carbocycles. The van der Waals surface area contributed by atoms with Crippen molar-refractivity contribution in [1.29, 1.82) is 0 Å². The number of aromatic nitrogens is 3. The number of azo groups is 1. The second kappa shape index (κ2) is 7.26. The molecular formula is C12H16N6O4S. The molecule has 0 saturated carbocycles. The molecule has 1 aromatic carbocycles. The van der Waals surface area contributed by atoms with Crippen molar-refractivity contribution < 1.29 is 18.6 Å². The van der Waals surface area contributed by atoms with Gasteiger partial charge < -0.3 is 9.45 Å². The van der Waals surface area contributed by atoms with Gasteiger partial charge in [0.2, 0.25) is 10.4 Å². The van der Waals surface area contributed by atoms with Gasteiger partial charge in [-0.15, -0.1) is 15.3 Å². The van der Waals surface area contributed by atoms with E-state index in [1.807, 2.05) is 0 Å². The minimum absolute atomic E-state index is 0. The van der Waals surface area contributed by atoms with Crippen LogP contribution in [0.25, 0.3) is 0 Å². The Balaban J connectivity index is 0.00000288. The fourth-order valence-electron chi connectivity index (χ4n) is 1.66. The molecule has 0 N–H and O–H groups in total. The zero-order valence-corrected chi connectivity index (χ0v) is 13.3. The van der Waals surface area contributed by atoms with E-state index in [9.17, 15) is 13.0 Å². The molecule has 0 saturated heterocycles. The van der Waals surface area contributed by atoms with Crippen LogP contribution in [-0.4, -0.2) is 47.9 Å². The van der Waals surface area contributed by atoms with Crippen molar-refractivity contribution in [2.75, 3.05) is 25.1 Å². The summed E-state index contributed by atoms with van der Waals surface area (Å²) < 4.78 is 36.7. The van der Waals surface area contributed by atoms with E-state index in [4.69, 9.17) is 0 Å². The highest BCUT2D eigenvalue weighted by atomic mass is 32.3. The van der Waals surface area contributed by atoms with Crippen molar-refractivity contribution >= 4 is 27.7 Å². The topological polar surface area (TPSA) is 125 Å². The van der Waals surface area contributed by atoms with Gasteiger partial charge in [0.15, 0.2) is 0 Å². The zero-order valence-electron chi connectivity index (χ0n) is 13.5. The van der Waals surface area contributed by atoms with Gasteiger partial charge in [-0.1, -0.05) is 0 Å². The lowest BCUT2D eigenvalue weighted by molar-refractivity contribution is 0.267. The smallest absolute Gasteiger partial charge is 0.726 e. The van der Waals surface area contributed by atoms with E-state index in [1.54, 1.807) is 43.3 Å². The number of likely N-dealkylation sites (N-methyl/N-ethyl adjacent to an activating group) is 1. The standard InChI is InChI=1S/C12H16N6O4S/c1-17(7-8-22-23(19,20)21)11-5-3-10(4-6-11)14-15-12-13-9-18(2)16-12/h3-6,9H,7-8H2,1-2H3,(H,19,20,21). The molecule has 2 rings (SSSR count). The van der Waals surface area contributed by atoms with Gasteiger partial charge in [0.1, 0.15) is 6.33 Å². The highest BCUT2D eigenvalue weighted by Crippen LogP contribution is 2.20. The Morgan fingerprint density at radius 2 is 2.04 bits per heavy atom. The maximum absolute atomic E-state index is 10.4. The lowest BCUT2D eigenvalue weighted by Crippen LogP contribution is -2.23. The van der Waals surface area contributed by atoms with Gasteiger partial charge >= 0.3 is 1.43 Å². The normalized spacial score (nSPS) is 12.0. The SMILES string of the molecule is CN(CCOS(=O)(=O)[O-])c1ccc(N=Nc2ncn(C)n2)cc1.[H+]. The summed E-state index contributed by atoms with van der Waals surface area (Å²) >= 11 is 0. The van der Waals surface area contributed by atoms with Gasteiger partial charge in [-0.3, -0.25) is 8.86 Å². The summed E-state index contributed by atoms with van der Waals surface area (Å²) in [5.41, 5.74) is 1.43. The number of hydrogen-bond acceptors (Lipinski definition) is 9.